The highest BCUT2D eigenvalue weighted by molar-refractivity contribution is 9.10. The first-order valence-electron chi connectivity index (χ1n) is 3.11. The maximum atomic E-state index is 10.2. The van der Waals surface area contributed by atoms with Crippen LogP contribution in [0.3, 0.4) is 0 Å². The Morgan fingerprint density at radius 3 is 2.45 bits per heavy atom. The van der Waals surface area contributed by atoms with Crippen molar-refractivity contribution in [2.45, 2.75) is 17.7 Å². The summed E-state index contributed by atoms with van der Waals surface area (Å²) in [6.07, 6.45) is 0. The first kappa shape index (κ1) is 8.89. The summed E-state index contributed by atoms with van der Waals surface area (Å²) in [4.78, 5) is 9.80. The molecule has 0 amide bonds. The van der Waals surface area contributed by atoms with Crippen molar-refractivity contribution < 1.29 is 14.4 Å². The Morgan fingerprint density at radius 1 is 1.64 bits per heavy atom. The number of rotatable bonds is 1. The van der Waals surface area contributed by atoms with Gasteiger partial charge in [0.2, 0.25) is 4.70 Å². The molecule has 0 unspecified atom stereocenters. The van der Waals surface area contributed by atoms with Crippen molar-refractivity contribution in [3.05, 3.63) is 10.1 Å². The lowest BCUT2D eigenvalue weighted by Crippen LogP contribution is -2.43. The van der Waals surface area contributed by atoms with Crippen LogP contribution in [0.25, 0.3) is 0 Å². The van der Waals surface area contributed by atoms with Gasteiger partial charge in [-0.2, -0.15) is 0 Å². The lowest BCUT2D eigenvalue weighted by atomic mass is 10.3. The summed E-state index contributed by atoms with van der Waals surface area (Å²) in [5.41, 5.74) is 0. The molecule has 0 aromatic heterocycles. The number of ether oxygens (including phenoxy) is 2. The maximum absolute atomic E-state index is 10.2. The molecule has 0 radical (unpaired) electrons. The first-order valence-corrected chi connectivity index (χ1v) is 3.91. The standard InChI is InChI=1S/C5H8BrNO4/c1-5(6)10-2-4(3-11-5)7(8)9/h4H,2-3H2,1H3. The van der Waals surface area contributed by atoms with Crippen molar-refractivity contribution in [3.8, 4) is 0 Å². The second-order valence-electron chi connectivity index (χ2n) is 2.40. The Hall–Kier alpha value is -0.200. The van der Waals surface area contributed by atoms with Gasteiger partial charge in [-0.05, 0) is 15.9 Å². The Balaban J connectivity index is 2.42. The molecule has 0 bridgehead atoms. The van der Waals surface area contributed by atoms with Gasteiger partial charge < -0.3 is 9.47 Å². The van der Waals surface area contributed by atoms with Crippen LogP contribution in [-0.4, -0.2) is 28.9 Å². The predicted molar refractivity (Wildman–Crippen MR) is 40.0 cm³/mol. The molecule has 0 N–H and O–H groups in total. The van der Waals surface area contributed by atoms with Crippen LogP contribution in [0.2, 0.25) is 0 Å². The Morgan fingerprint density at radius 2 is 2.09 bits per heavy atom. The van der Waals surface area contributed by atoms with E-state index in [1.807, 2.05) is 0 Å². The van der Waals surface area contributed by atoms with Crippen LogP contribution in [0.4, 0.5) is 0 Å². The quantitative estimate of drug-likeness (QED) is 0.376. The van der Waals surface area contributed by atoms with Crippen LogP contribution in [-0.2, 0) is 9.47 Å². The fourth-order valence-corrected chi connectivity index (χ4v) is 0.966. The van der Waals surface area contributed by atoms with Crippen LogP contribution in [0.1, 0.15) is 6.92 Å². The van der Waals surface area contributed by atoms with E-state index in [0.29, 0.717) is 0 Å². The largest absolute Gasteiger partial charge is 0.334 e. The lowest BCUT2D eigenvalue weighted by Gasteiger charge is -2.29. The molecule has 0 aromatic rings. The van der Waals surface area contributed by atoms with Gasteiger partial charge in [-0.25, -0.2) is 0 Å². The Bertz CT molecular complexity index is 162. The van der Waals surface area contributed by atoms with Gasteiger partial charge in [0.05, 0.1) is 0 Å². The molecule has 64 valence electrons. The molecule has 1 saturated heterocycles. The normalized spacial score (nSPS) is 38.5. The Labute approximate surface area is 71.9 Å². The molecule has 1 heterocycles. The molecular weight excluding hydrogens is 218 g/mol. The van der Waals surface area contributed by atoms with Gasteiger partial charge in [0, 0.05) is 11.8 Å². The van der Waals surface area contributed by atoms with Crippen molar-refractivity contribution in [2.75, 3.05) is 13.2 Å². The molecule has 0 spiro atoms. The highest BCUT2D eigenvalue weighted by Gasteiger charge is 2.35. The average Bonchev–Trinajstić information content (AvgIpc) is 1.86. The van der Waals surface area contributed by atoms with Crippen molar-refractivity contribution in [3.63, 3.8) is 0 Å². The minimum Gasteiger partial charge on any atom is -0.334 e. The number of nitrogens with zero attached hydrogens (tertiary/aromatic N) is 1. The van der Waals surface area contributed by atoms with E-state index in [0.717, 1.165) is 0 Å². The molecule has 6 heteroatoms. The average molecular weight is 226 g/mol. The molecule has 0 saturated carbocycles. The van der Waals surface area contributed by atoms with Crippen molar-refractivity contribution >= 4 is 15.9 Å². The molecule has 1 fully saturated rings. The fraction of sp³-hybridized carbons (Fsp3) is 1.00. The zero-order chi connectivity index (χ0) is 8.48. The summed E-state index contributed by atoms with van der Waals surface area (Å²) in [6, 6.07) is -0.736. The molecule has 0 aromatic carbocycles. The second-order valence-corrected chi connectivity index (χ2v) is 3.84. The third kappa shape index (κ3) is 2.39. The zero-order valence-electron chi connectivity index (χ0n) is 5.95. The molecule has 0 aliphatic carbocycles. The van der Waals surface area contributed by atoms with E-state index < -0.39 is 15.7 Å². The van der Waals surface area contributed by atoms with Gasteiger partial charge in [0.25, 0.3) is 6.04 Å². The van der Waals surface area contributed by atoms with Gasteiger partial charge in [0.1, 0.15) is 13.2 Å². The van der Waals surface area contributed by atoms with Crippen molar-refractivity contribution in [2.24, 2.45) is 0 Å². The molecule has 1 aliphatic rings. The van der Waals surface area contributed by atoms with E-state index in [2.05, 4.69) is 15.9 Å². The summed E-state index contributed by atoms with van der Waals surface area (Å²) < 4.78 is 9.14. The van der Waals surface area contributed by atoms with Crippen molar-refractivity contribution in [1.82, 2.24) is 0 Å². The van der Waals surface area contributed by atoms with E-state index in [9.17, 15) is 10.1 Å². The first-order chi connectivity index (χ1) is 5.01. The van der Waals surface area contributed by atoms with Gasteiger partial charge in [-0.1, -0.05) is 0 Å². The molecule has 0 atom stereocenters. The van der Waals surface area contributed by atoms with Gasteiger partial charge in [-0.15, -0.1) is 0 Å². The van der Waals surface area contributed by atoms with Gasteiger partial charge >= 0.3 is 0 Å². The van der Waals surface area contributed by atoms with Crippen LogP contribution in [0, 0.1) is 10.1 Å². The third-order valence-corrected chi connectivity index (χ3v) is 1.82. The molecule has 1 rings (SSSR count). The third-order valence-electron chi connectivity index (χ3n) is 1.37. The monoisotopic (exact) mass is 225 g/mol. The summed E-state index contributed by atoms with van der Waals surface area (Å²) in [5.74, 6) is 0. The van der Waals surface area contributed by atoms with Crippen molar-refractivity contribution in [1.29, 1.82) is 0 Å². The predicted octanol–water partition coefficient (Wildman–Crippen LogP) is 0.747. The number of hydrogen-bond donors (Lipinski definition) is 0. The summed E-state index contributed by atoms with van der Waals surface area (Å²) >= 11 is 3.10. The molecular formula is C5H8BrNO4. The summed E-state index contributed by atoms with van der Waals surface area (Å²) in [7, 11) is 0. The van der Waals surface area contributed by atoms with E-state index in [-0.39, 0.29) is 13.2 Å². The van der Waals surface area contributed by atoms with Gasteiger partial charge in [-0.3, -0.25) is 10.1 Å². The van der Waals surface area contributed by atoms with Crippen LogP contribution in [0.15, 0.2) is 0 Å². The number of nitro groups is 1. The summed E-state index contributed by atoms with van der Waals surface area (Å²) in [5, 5.41) is 10.2. The molecule has 5 nitrogen and oxygen atoms in total. The minimum absolute atomic E-state index is 0.0920. The smallest absolute Gasteiger partial charge is 0.259 e. The summed E-state index contributed by atoms with van der Waals surface area (Å²) in [6.45, 7) is 1.84. The lowest BCUT2D eigenvalue weighted by molar-refractivity contribution is -0.544. The zero-order valence-corrected chi connectivity index (χ0v) is 7.54. The highest BCUT2D eigenvalue weighted by atomic mass is 79.9. The van der Waals surface area contributed by atoms with Crippen LogP contribution >= 0.6 is 15.9 Å². The Kier molecular flexibility index (Phi) is 2.46. The topological polar surface area (TPSA) is 61.6 Å². The fourth-order valence-electron chi connectivity index (χ4n) is 0.702. The van der Waals surface area contributed by atoms with E-state index >= 15 is 0 Å². The number of hydrogen-bond acceptors (Lipinski definition) is 4. The van der Waals surface area contributed by atoms with E-state index in [1.165, 1.54) is 0 Å². The number of alkyl halides is 1. The van der Waals surface area contributed by atoms with Crippen LogP contribution in [0.5, 0.6) is 0 Å². The molecule has 1 aliphatic heterocycles. The SMILES string of the molecule is CC1(Br)OCC([N+](=O)[O-])CO1. The molecule has 11 heavy (non-hydrogen) atoms. The minimum atomic E-state index is -0.848. The van der Waals surface area contributed by atoms with E-state index in [4.69, 9.17) is 9.47 Å². The van der Waals surface area contributed by atoms with E-state index in [1.54, 1.807) is 6.92 Å². The number of halogens is 1. The van der Waals surface area contributed by atoms with Crippen LogP contribution < -0.4 is 0 Å². The second kappa shape index (κ2) is 3.04. The highest BCUT2D eigenvalue weighted by Crippen LogP contribution is 2.25. The van der Waals surface area contributed by atoms with Gasteiger partial charge in [0.15, 0.2) is 0 Å². The maximum Gasteiger partial charge on any atom is 0.259 e.